The molecule has 1 fully saturated rings. The van der Waals surface area contributed by atoms with Crippen molar-refractivity contribution in [1.82, 2.24) is 5.32 Å². The number of benzene rings is 1. The molecular weight excluding hydrogens is 270 g/mol. The smallest absolute Gasteiger partial charge is 0.155 e. The molecular formula is C16H25NO2S. The second kappa shape index (κ2) is 6.27. The van der Waals surface area contributed by atoms with Gasteiger partial charge in [-0.2, -0.15) is 0 Å². The van der Waals surface area contributed by atoms with Gasteiger partial charge in [-0.25, -0.2) is 8.42 Å². The van der Waals surface area contributed by atoms with E-state index < -0.39 is 9.84 Å². The summed E-state index contributed by atoms with van der Waals surface area (Å²) in [6.45, 7) is 4.33. The largest absolute Gasteiger partial charge is 0.312 e. The Labute approximate surface area is 122 Å². The maximum atomic E-state index is 12.3. The molecule has 2 atom stereocenters. The Bertz CT molecular complexity index is 534. The van der Waals surface area contributed by atoms with Crippen LogP contribution in [0.4, 0.5) is 0 Å². The molecule has 0 amide bonds. The minimum atomic E-state index is -2.97. The third-order valence-corrected chi connectivity index (χ3v) is 6.56. The number of rotatable bonds is 4. The van der Waals surface area contributed by atoms with E-state index in [0.717, 1.165) is 24.8 Å². The molecule has 112 valence electrons. The SMILES string of the molecule is CNC(c1ccc(C(C)C)cc1)C1CCCCS1(=O)=O. The van der Waals surface area contributed by atoms with E-state index >= 15 is 0 Å². The first kappa shape index (κ1) is 15.5. The first-order chi connectivity index (χ1) is 9.45. The summed E-state index contributed by atoms with van der Waals surface area (Å²) < 4.78 is 24.6. The van der Waals surface area contributed by atoms with Crippen molar-refractivity contribution in [1.29, 1.82) is 0 Å². The molecule has 0 saturated carbocycles. The van der Waals surface area contributed by atoms with Crippen molar-refractivity contribution >= 4 is 9.84 Å². The minimum Gasteiger partial charge on any atom is -0.312 e. The summed E-state index contributed by atoms with van der Waals surface area (Å²) in [4.78, 5) is 0. The predicted octanol–water partition coefficient (Wildman–Crippen LogP) is 3.04. The maximum Gasteiger partial charge on any atom is 0.155 e. The van der Waals surface area contributed by atoms with E-state index in [1.54, 1.807) is 0 Å². The topological polar surface area (TPSA) is 46.2 Å². The molecule has 2 rings (SSSR count). The average Bonchev–Trinajstić information content (AvgIpc) is 2.42. The summed E-state index contributed by atoms with van der Waals surface area (Å²) in [7, 11) is -1.12. The molecule has 1 saturated heterocycles. The van der Waals surface area contributed by atoms with Crippen molar-refractivity contribution in [2.45, 2.75) is 50.3 Å². The fourth-order valence-electron chi connectivity index (χ4n) is 3.01. The molecule has 1 aromatic carbocycles. The maximum absolute atomic E-state index is 12.3. The molecule has 0 bridgehead atoms. The highest BCUT2D eigenvalue weighted by Gasteiger charge is 2.35. The van der Waals surface area contributed by atoms with Gasteiger partial charge in [0.2, 0.25) is 0 Å². The highest BCUT2D eigenvalue weighted by molar-refractivity contribution is 7.92. The first-order valence-corrected chi connectivity index (χ1v) is 9.16. The molecule has 0 radical (unpaired) electrons. The Morgan fingerprint density at radius 1 is 1.10 bits per heavy atom. The third kappa shape index (κ3) is 3.23. The number of hydrogen-bond acceptors (Lipinski definition) is 3. The zero-order valence-corrected chi connectivity index (χ0v) is 13.4. The molecule has 1 aromatic rings. The Morgan fingerprint density at radius 3 is 2.20 bits per heavy atom. The summed E-state index contributed by atoms with van der Waals surface area (Å²) in [5, 5.41) is 2.93. The number of hydrogen-bond donors (Lipinski definition) is 1. The van der Waals surface area contributed by atoms with Crippen LogP contribution in [0.3, 0.4) is 0 Å². The van der Waals surface area contributed by atoms with Gasteiger partial charge < -0.3 is 5.32 Å². The highest BCUT2D eigenvalue weighted by atomic mass is 32.2. The van der Waals surface area contributed by atoms with Crippen LogP contribution in [-0.4, -0.2) is 26.5 Å². The second-order valence-electron chi connectivity index (χ2n) is 5.99. The molecule has 1 N–H and O–H groups in total. The predicted molar refractivity (Wildman–Crippen MR) is 83.8 cm³/mol. The van der Waals surface area contributed by atoms with Gasteiger partial charge >= 0.3 is 0 Å². The highest BCUT2D eigenvalue weighted by Crippen LogP contribution is 2.31. The third-order valence-electron chi connectivity index (χ3n) is 4.27. The normalized spacial score (nSPS) is 23.7. The van der Waals surface area contributed by atoms with Gasteiger partial charge in [-0.1, -0.05) is 44.5 Å². The second-order valence-corrected chi connectivity index (χ2v) is 8.33. The van der Waals surface area contributed by atoms with Gasteiger partial charge in [-0.15, -0.1) is 0 Å². The van der Waals surface area contributed by atoms with Crippen LogP contribution in [0.1, 0.15) is 56.2 Å². The van der Waals surface area contributed by atoms with Crippen molar-refractivity contribution in [3.8, 4) is 0 Å². The number of nitrogens with one attached hydrogen (secondary N) is 1. The lowest BCUT2D eigenvalue weighted by Crippen LogP contribution is -2.39. The molecule has 3 nitrogen and oxygen atoms in total. The lowest BCUT2D eigenvalue weighted by Gasteiger charge is -2.30. The van der Waals surface area contributed by atoms with Gasteiger partial charge in [0.1, 0.15) is 0 Å². The van der Waals surface area contributed by atoms with Crippen LogP contribution >= 0.6 is 0 Å². The van der Waals surface area contributed by atoms with E-state index in [9.17, 15) is 8.42 Å². The Hall–Kier alpha value is -0.870. The van der Waals surface area contributed by atoms with E-state index in [-0.39, 0.29) is 11.3 Å². The first-order valence-electron chi connectivity index (χ1n) is 7.44. The van der Waals surface area contributed by atoms with E-state index in [0.29, 0.717) is 11.7 Å². The Balaban J connectivity index is 2.27. The van der Waals surface area contributed by atoms with E-state index in [2.05, 4.69) is 43.4 Å². The molecule has 20 heavy (non-hydrogen) atoms. The molecule has 2 unspecified atom stereocenters. The van der Waals surface area contributed by atoms with Crippen LogP contribution in [0.2, 0.25) is 0 Å². The van der Waals surface area contributed by atoms with Crippen LogP contribution in [0.5, 0.6) is 0 Å². The van der Waals surface area contributed by atoms with Crippen LogP contribution in [0.25, 0.3) is 0 Å². The average molecular weight is 295 g/mol. The minimum absolute atomic E-state index is 0.0958. The Morgan fingerprint density at radius 2 is 1.70 bits per heavy atom. The fraction of sp³-hybridized carbons (Fsp3) is 0.625. The van der Waals surface area contributed by atoms with Gasteiger partial charge in [-0.3, -0.25) is 0 Å². The quantitative estimate of drug-likeness (QED) is 0.928. The lowest BCUT2D eigenvalue weighted by atomic mass is 9.96. The summed E-state index contributed by atoms with van der Waals surface area (Å²) >= 11 is 0. The molecule has 0 aromatic heterocycles. The van der Waals surface area contributed by atoms with Crippen LogP contribution in [0.15, 0.2) is 24.3 Å². The molecule has 0 aliphatic carbocycles. The van der Waals surface area contributed by atoms with Crippen LogP contribution in [0, 0.1) is 0 Å². The van der Waals surface area contributed by atoms with Crippen molar-refractivity contribution in [3.05, 3.63) is 35.4 Å². The van der Waals surface area contributed by atoms with Crippen molar-refractivity contribution in [2.75, 3.05) is 12.8 Å². The van der Waals surface area contributed by atoms with Gasteiger partial charge in [-0.05, 0) is 36.9 Å². The van der Waals surface area contributed by atoms with Gasteiger partial charge in [0.25, 0.3) is 0 Å². The van der Waals surface area contributed by atoms with Crippen molar-refractivity contribution < 1.29 is 8.42 Å². The monoisotopic (exact) mass is 295 g/mol. The standard InChI is InChI=1S/C16H25NO2S/c1-12(2)13-7-9-14(10-8-13)16(17-3)15-6-4-5-11-20(15,18)19/h7-10,12,15-17H,4-6,11H2,1-3H3. The van der Waals surface area contributed by atoms with Crippen LogP contribution in [-0.2, 0) is 9.84 Å². The Kier molecular flexibility index (Phi) is 4.86. The molecule has 0 spiro atoms. The zero-order chi connectivity index (χ0) is 14.8. The van der Waals surface area contributed by atoms with Gasteiger partial charge in [0.15, 0.2) is 9.84 Å². The van der Waals surface area contributed by atoms with Gasteiger partial charge in [0, 0.05) is 6.04 Å². The van der Waals surface area contributed by atoms with Gasteiger partial charge in [0.05, 0.1) is 11.0 Å². The molecule has 1 aliphatic rings. The summed E-state index contributed by atoms with van der Waals surface area (Å²) in [5.41, 5.74) is 2.36. The zero-order valence-electron chi connectivity index (χ0n) is 12.6. The van der Waals surface area contributed by atoms with E-state index in [4.69, 9.17) is 0 Å². The fourth-order valence-corrected chi connectivity index (χ4v) is 5.15. The molecule has 1 aliphatic heterocycles. The molecule has 1 heterocycles. The number of sulfone groups is 1. The summed E-state index contributed by atoms with van der Waals surface area (Å²) in [5.74, 6) is 0.829. The lowest BCUT2D eigenvalue weighted by molar-refractivity contribution is 0.469. The summed E-state index contributed by atoms with van der Waals surface area (Å²) in [6.07, 6.45) is 2.58. The van der Waals surface area contributed by atoms with Crippen LogP contribution < -0.4 is 5.32 Å². The van der Waals surface area contributed by atoms with E-state index in [1.807, 2.05) is 7.05 Å². The van der Waals surface area contributed by atoms with Crippen molar-refractivity contribution in [2.24, 2.45) is 0 Å². The van der Waals surface area contributed by atoms with E-state index in [1.165, 1.54) is 5.56 Å². The molecule has 4 heteroatoms. The van der Waals surface area contributed by atoms with Crippen molar-refractivity contribution in [3.63, 3.8) is 0 Å². The summed E-state index contributed by atoms with van der Waals surface area (Å²) in [6, 6.07) is 8.27.